The molecule has 0 saturated carbocycles. The number of phenolic OH excluding ortho intramolecular Hbond substituents is 1. The van der Waals surface area contributed by atoms with Gasteiger partial charge in [-0.1, -0.05) is 12.1 Å². The number of phenols is 1. The maximum absolute atomic E-state index is 10.1. The van der Waals surface area contributed by atoms with Crippen LogP contribution in [0.2, 0.25) is 0 Å². The Morgan fingerprint density at radius 2 is 2.00 bits per heavy atom. The van der Waals surface area contributed by atoms with Gasteiger partial charge in [0.15, 0.2) is 17.5 Å². The molecule has 0 heterocycles. The van der Waals surface area contributed by atoms with Crippen molar-refractivity contribution >= 4 is 29.9 Å². The number of rotatable bonds is 12. The molecular formula is C19H35IN4O3. The van der Waals surface area contributed by atoms with Gasteiger partial charge in [0.25, 0.3) is 0 Å². The molecule has 8 heteroatoms. The largest absolute Gasteiger partial charge is 0.504 e. The van der Waals surface area contributed by atoms with Crippen molar-refractivity contribution in [3.05, 3.63) is 23.8 Å². The zero-order valence-electron chi connectivity index (χ0n) is 17.0. The van der Waals surface area contributed by atoms with Gasteiger partial charge in [-0.2, -0.15) is 0 Å². The summed E-state index contributed by atoms with van der Waals surface area (Å²) in [7, 11) is 5.38. The monoisotopic (exact) mass is 494 g/mol. The van der Waals surface area contributed by atoms with Gasteiger partial charge in [0.1, 0.15) is 0 Å². The Labute approximate surface area is 180 Å². The summed E-state index contributed by atoms with van der Waals surface area (Å²) >= 11 is 0. The lowest BCUT2D eigenvalue weighted by atomic mass is 10.1. The van der Waals surface area contributed by atoms with E-state index in [0.717, 1.165) is 50.7 Å². The molecule has 7 nitrogen and oxygen atoms in total. The summed E-state index contributed by atoms with van der Waals surface area (Å²) in [6.45, 7) is 6.94. The normalized spacial score (nSPS) is 11.2. The van der Waals surface area contributed by atoms with Gasteiger partial charge in [0, 0.05) is 39.9 Å². The third-order valence-corrected chi connectivity index (χ3v) is 3.97. The first-order chi connectivity index (χ1) is 12.6. The van der Waals surface area contributed by atoms with E-state index < -0.39 is 0 Å². The molecule has 0 amide bonds. The molecular weight excluding hydrogens is 459 g/mol. The molecule has 3 N–H and O–H groups in total. The molecule has 0 unspecified atom stereocenters. The highest BCUT2D eigenvalue weighted by Crippen LogP contribution is 2.29. The van der Waals surface area contributed by atoms with Crippen LogP contribution in [0, 0.1) is 0 Å². The molecule has 1 aromatic carbocycles. The summed E-state index contributed by atoms with van der Waals surface area (Å²) in [6.07, 6.45) is 1.71. The van der Waals surface area contributed by atoms with Crippen LogP contribution in [0.15, 0.2) is 23.2 Å². The van der Waals surface area contributed by atoms with Crippen molar-refractivity contribution in [1.29, 1.82) is 0 Å². The molecule has 0 atom stereocenters. The van der Waals surface area contributed by atoms with Gasteiger partial charge < -0.3 is 30.1 Å². The van der Waals surface area contributed by atoms with Crippen LogP contribution in [0.25, 0.3) is 0 Å². The van der Waals surface area contributed by atoms with Crippen molar-refractivity contribution in [2.24, 2.45) is 4.99 Å². The van der Waals surface area contributed by atoms with Crippen LogP contribution in [-0.4, -0.2) is 76.6 Å². The quantitative estimate of drug-likeness (QED) is 0.179. The van der Waals surface area contributed by atoms with E-state index in [4.69, 9.17) is 9.47 Å². The molecule has 0 aliphatic heterocycles. The number of ether oxygens (including phenoxy) is 2. The van der Waals surface area contributed by atoms with Crippen molar-refractivity contribution in [2.45, 2.75) is 19.8 Å². The number of halogens is 1. The van der Waals surface area contributed by atoms with Gasteiger partial charge in [0.05, 0.1) is 13.7 Å². The van der Waals surface area contributed by atoms with E-state index in [1.807, 2.05) is 19.1 Å². The summed E-state index contributed by atoms with van der Waals surface area (Å²) in [6, 6.07) is 5.53. The number of benzene rings is 1. The van der Waals surface area contributed by atoms with E-state index in [2.05, 4.69) is 27.6 Å². The molecule has 0 radical (unpaired) electrons. The fraction of sp³-hybridized carbons (Fsp3) is 0.632. The third-order valence-electron chi connectivity index (χ3n) is 3.97. The van der Waals surface area contributed by atoms with E-state index >= 15 is 0 Å². The maximum Gasteiger partial charge on any atom is 0.191 e. The number of nitrogens with zero attached hydrogens (tertiary/aromatic N) is 2. The highest BCUT2D eigenvalue weighted by molar-refractivity contribution is 14.0. The molecule has 0 bridgehead atoms. The van der Waals surface area contributed by atoms with Crippen LogP contribution in [0.1, 0.15) is 18.9 Å². The fourth-order valence-electron chi connectivity index (χ4n) is 2.51. The second-order valence-corrected chi connectivity index (χ2v) is 6.06. The summed E-state index contributed by atoms with van der Waals surface area (Å²) in [5.74, 6) is 1.50. The molecule has 0 aromatic heterocycles. The Morgan fingerprint density at radius 3 is 2.67 bits per heavy atom. The van der Waals surface area contributed by atoms with Crippen LogP contribution < -0.4 is 15.4 Å². The second-order valence-electron chi connectivity index (χ2n) is 6.06. The second kappa shape index (κ2) is 15.8. The molecule has 0 aliphatic carbocycles. The Bertz CT molecular complexity index is 544. The average Bonchev–Trinajstić information content (AvgIpc) is 2.63. The van der Waals surface area contributed by atoms with Gasteiger partial charge in [-0.25, -0.2) is 0 Å². The number of methoxy groups -OCH3 is 2. The number of hydrogen-bond acceptors (Lipinski definition) is 5. The SMILES string of the molecule is CCNC(=NCCN(C)CCCOC)NCCc1cccc(OC)c1O.I. The molecule has 0 fully saturated rings. The lowest BCUT2D eigenvalue weighted by Gasteiger charge is -2.16. The molecule has 0 spiro atoms. The Kier molecular flexibility index (Phi) is 15.0. The highest BCUT2D eigenvalue weighted by Gasteiger charge is 2.07. The fourth-order valence-corrected chi connectivity index (χ4v) is 2.51. The zero-order valence-corrected chi connectivity index (χ0v) is 19.3. The molecule has 0 saturated heterocycles. The standard InChI is InChI=1S/C19H34N4O3.HI/c1-5-20-19(22-12-14-23(2)13-7-15-25-3)21-11-10-16-8-6-9-17(26-4)18(16)24;/h6,8-9,24H,5,7,10-15H2,1-4H3,(H2,20,21,22);1H. The number of para-hydroxylation sites is 1. The van der Waals surface area contributed by atoms with Gasteiger partial charge in [-0.05, 0) is 38.4 Å². The lowest BCUT2D eigenvalue weighted by Crippen LogP contribution is -2.39. The number of aliphatic imine (C=N–C) groups is 1. The number of likely N-dealkylation sites (N-methyl/N-ethyl adjacent to an activating group) is 1. The number of nitrogens with one attached hydrogen (secondary N) is 2. The first-order valence-corrected chi connectivity index (χ1v) is 9.16. The smallest absolute Gasteiger partial charge is 0.191 e. The molecule has 1 aromatic rings. The summed E-state index contributed by atoms with van der Waals surface area (Å²) in [5, 5.41) is 16.7. The third kappa shape index (κ3) is 10.6. The maximum atomic E-state index is 10.1. The molecule has 27 heavy (non-hydrogen) atoms. The van der Waals surface area contributed by atoms with E-state index in [-0.39, 0.29) is 29.7 Å². The van der Waals surface area contributed by atoms with Crippen molar-refractivity contribution in [1.82, 2.24) is 15.5 Å². The van der Waals surface area contributed by atoms with E-state index in [1.54, 1.807) is 20.3 Å². The summed E-state index contributed by atoms with van der Waals surface area (Å²) in [5.41, 5.74) is 0.852. The van der Waals surface area contributed by atoms with Crippen molar-refractivity contribution < 1.29 is 14.6 Å². The summed E-state index contributed by atoms with van der Waals surface area (Å²) < 4.78 is 10.2. The van der Waals surface area contributed by atoms with Crippen LogP contribution in [0.4, 0.5) is 0 Å². The molecule has 156 valence electrons. The van der Waals surface area contributed by atoms with Gasteiger partial charge in [-0.15, -0.1) is 24.0 Å². The lowest BCUT2D eigenvalue weighted by molar-refractivity contribution is 0.180. The minimum atomic E-state index is 0. The Morgan fingerprint density at radius 1 is 1.22 bits per heavy atom. The van der Waals surface area contributed by atoms with Crippen molar-refractivity contribution in [3.8, 4) is 11.5 Å². The zero-order chi connectivity index (χ0) is 19.2. The summed E-state index contributed by atoms with van der Waals surface area (Å²) in [4.78, 5) is 6.85. The topological polar surface area (TPSA) is 78.4 Å². The predicted octanol–water partition coefficient (Wildman–Crippen LogP) is 2.08. The minimum Gasteiger partial charge on any atom is -0.504 e. The minimum absolute atomic E-state index is 0. The number of hydrogen-bond donors (Lipinski definition) is 3. The Balaban J connectivity index is 0.00000676. The van der Waals surface area contributed by atoms with E-state index in [9.17, 15) is 5.11 Å². The Hall–Kier alpha value is -1.26. The van der Waals surface area contributed by atoms with Crippen molar-refractivity contribution in [3.63, 3.8) is 0 Å². The first-order valence-electron chi connectivity index (χ1n) is 9.16. The van der Waals surface area contributed by atoms with Crippen molar-refractivity contribution in [2.75, 3.05) is 60.6 Å². The van der Waals surface area contributed by atoms with Crippen LogP contribution >= 0.6 is 24.0 Å². The number of aromatic hydroxyl groups is 1. The van der Waals surface area contributed by atoms with Crippen LogP contribution in [-0.2, 0) is 11.2 Å². The molecule has 1 rings (SSSR count). The molecule has 0 aliphatic rings. The van der Waals surface area contributed by atoms with Gasteiger partial charge >= 0.3 is 0 Å². The first kappa shape index (κ1) is 25.7. The van der Waals surface area contributed by atoms with Crippen LogP contribution in [0.3, 0.4) is 0 Å². The number of guanidine groups is 1. The highest BCUT2D eigenvalue weighted by atomic mass is 127. The van der Waals surface area contributed by atoms with Gasteiger partial charge in [-0.3, -0.25) is 4.99 Å². The van der Waals surface area contributed by atoms with E-state index in [1.165, 1.54) is 0 Å². The van der Waals surface area contributed by atoms with Gasteiger partial charge in [0.2, 0.25) is 0 Å². The van der Waals surface area contributed by atoms with E-state index in [0.29, 0.717) is 18.7 Å². The van der Waals surface area contributed by atoms with Crippen LogP contribution in [0.5, 0.6) is 11.5 Å². The predicted molar refractivity (Wildman–Crippen MR) is 122 cm³/mol. The average molecular weight is 494 g/mol.